The number of hydrogen-bond acceptors (Lipinski definition) is 5. The van der Waals surface area contributed by atoms with Gasteiger partial charge in [-0.1, -0.05) is 168 Å². The lowest BCUT2D eigenvalue weighted by molar-refractivity contribution is -0.140. The van der Waals surface area contributed by atoms with E-state index in [9.17, 15) is 19.8 Å². The molecule has 0 atom stereocenters. The standard InChI is InChI=1S/C34H69N3O4/c1-3-5-7-9-11-13-15-17-19-21-23-25-27-29-32(38)35-37(31-34(40)41)36-33(39)30-28-26-24-22-20-18-16-14-12-10-8-6-4-2/h34,40-41H,3-31H2,1-2H3,(H,35,38)(H,36,39). The topological polar surface area (TPSA) is 102 Å². The summed E-state index contributed by atoms with van der Waals surface area (Å²) < 4.78 is 0. The summed E-state index contributed by atoms with van der Waals surface area (Å²) in [6.07, 6.45) is 31.6. The van der Waals surface area contributed by atoms with Gasteiger partial charge < -0.3 is 10.2 Å². The number of carbonyl (C=O) groups excluding carboxylic acids is 2. The van der Waals surface area contributed by atoms with Crippen LogP contribution in [0, 0.1) is 0 Å². The summed E-state index contributed by atoms with van der Waals surface area (Å²) in [5.41, 5.74) is 5.23. The number of amides is 2. The summed E-state index contributed by atoms with van der Waals surface area (Å²) in [5.74, 6) is -0.426. The van der Waals surface area contributed by atoms with Crippen molar-refractivity contribution in [1.82, 2.24) is 16.0 Å². The average molecular weight is 584 g/mol. The zero-order valence-corrected chi connectivity index (χ0v) is 27.2. The molecular formula is C34H69N3O4. The first kappa shape index (κ1) is 39.8. The molecule has 0 unspecified atom stereocenters. The van der Waals surface area contributed by atoms with E-state index >= 15 is 0 Å². The van der Waals surface area contributed by atoms with E-state index in [-0.39, 0.29) is 18.4 Å². The smallest absolute Gasteiger partial charge is 0.235 e. The largest absolute Gasteiger partial charge is 0.367 e. The molecule has 244 valence electrons. The lowest BCUT2D eigenvalue weighted by Gasteiger charge is -2.24. The SMILES string of the molecule is CCCCCCCCCCCCCCCC(=O)NN(CC(O)O)NC(=O)CCCCCCCCCCCCCCC. The Labute approximate surface area is 253 Å². The van der Waals surface area contributed by atoms with Gasteiger partial charge in [-0.15, -0.1) is 5.12 Å². The molecule has 0 saturated carbocycles. The van der Waals surface area contributed by atoms with Crippen LogP contribution in [0.15, 0.2) is 0 Å². The number of unbranched alkanes of at least 4 members (excludes halogenated alkanes) is 24. The molecule has 0 aliphatic rings. The molecule has 0 aromatic heterocycles. The molecule has 0 bridgehead atoms. The van der Waals surface area contributed by atoms with Gasteiger partial charge in [0, 0.05) is 12.8 Å². The van der Waals surface area contributed by atoms with Crippen molar-refractivity contribution < 1.29 is 19.8 Å². The Bertz CT molecular complexity index is 530. The van der Waals surface area contributed by atoms with Gasteiger partial charge in [-0.25, -0.2) is 0 Å². The van der Waals surface area contributed by atoms with E-state index < -0.39 is 6.29 Å². The molecule has 0 aromatic rings. The Kier molecular flexibility index (Phi) is 30.8. The third-order valence-electron chi connectivity index (χ3n) is 7.88. The first-order valence-corrected chi connectivity index (χ1v) is 17.7. The number of hydrazine groups is 2. The maximum atomic E-state index is 12.3. The minimum atomic E-state index is -1.65. The van der Waals surface area contributed by atoms with Crippen LogP contribution in [0.4, 0.5) is 0 Å². The highest BCUT2D eigenvalue weighted by atomic mass is 16.5. The van der Waals surface area contributed by atoms with Gasteiger partial charge >= 0.3 is 0 Å². The summed E-state index contributed by atoms with van der Waals surface area (Å²) in [7, 11) is 0. The third-order valence-corrected chi connectivity index (χ3v) is 7.88. The lowest BCUT2D eigenvalue weighted by Crippen LogP contribution is -2.55. The summed E-state index contributed by atoms with van der Waals surface area (Å²) in [6, 6.07) is 0. The highest BCUT2D eigenvalue weighted by Gasteiger charge is 2.15. The van der Waals surface area contributed by atoms with Crippen LogP contribution in [0.5, 0.6) is 0 Å². The van der Waals surface area contributed by atoms with E-state index in [1.807, 2.05) is 0 Å². The first-order valence-electron chi connectivity index (χ1n) is 17.7. The quantitative estimate of drug-likeness (QED) is 0.0361. The van der Waals surface area contributed by atoms with Crippen molar-refractivity contribution in [2.45, 2.75) is 200 Å². The molecule has 7 nitrogen and oxygen atoms in total. The number of nitrogens with one attached hydrogen (secondary N) is 2. The normalized spacial score (nSPS) is 11.5. The minimum absolute atomic E-state index is 0.213. The zero-order chi connectivity index (χ0) is 30.2. The van der Waals surface area contributed by atoms with E-state index in [0.29, 0.717) is 12.8 Å². The molecule has 0 saturated heterocycles. The van der Waals surface area contributed by atoms with Gasteiger partial charge in [0.25, 0.3) is 0 Å². The fourth-order valence-electron chi connectivity index (χ4n) is 5.30. The molecule has 7 heteroatoms. The predicted octanol–water partition coefficient (Wildman–Crippen LogP) is 8.62. The van der Waals surface area contributed by atoms with Crippen molar-refractivity contribution in [3.8, 4) is 0 Å². The molecule has 4 N–H and O–H groups in total. The van der Waals surface area contributed by atoms with E-state index in [1.165, 1.54) is 128 Å². The number of nitrogens with zero attached hydrogens (tertiary/aromatic N) is 1. The molecular weight excluding hydrogens is 514 g/mol. The van der Waals surface area contributed by atoms with Crippen LogP contribution in [-0.4, -0.2) is 40.0 Å². The summed E-state index contributed by atoms with van der Waals surface area (Å²) in [4.78, 5) is 24.7. The fraction of sp³-hybridized carbons (Fsp3) is 0.941. The number of aliphatic hydroxyl groups is 2. The van der Waals surface area contributed by atoms with Gasteiger partial charge in [0.1, 0.15) is 0 Å². The van der Waals surface area contributed by atoms with Crippen LogP contribution < -0.4 is 10.9 Å². The minimum Gasteiger partial charge on any atom is -0.367 e. The van der Waals surface area contributed by atoms with Gasteiger partial charge in [0.2, 0.25) is 11.8 Å². The van der Waals surface area contributed by atoms with Gasteiger partial charge in [0.05, 0.1) is 6.54 Å². The van der Waals surface area contributed by atoms with Crippen LogP contribution in [0.25, 0.3) is 0 Å². The fourth-order valence-corrected chi connectivity index (χ4v) is 5.30. The number of hydrogen-bond donors (Lipinski definition) is 4. The van der Waals surface area contributed by atoms with Crippen LogP contribution in [-0.2, 0) is 9.59 Å². The molecule has 0 fully saturated rings. The molecule has 0 rings (SSSR count). The maximum absolute atomic E-state index is 12.3. The van der Waals surface area contributed by atoms with E-state index in [4.69, 9.17) is 0 Å². The maximum Gasteiger partial charge on any atom is 0.235 e. The molecule has 0 heterocycles. The van der Waals surface area contributed by atoms with Gasteiger partial charge in [-0.05, 0) is 12.8 Å². The predicted molar refractivity (Wildman–Crippen MR) is 172 cm³/mol. The Morgan fingerprint density at radius 2 is 0.707 bits per heavy atom. The van der Waals surface area contributed by atoms with Gasteiger partial charge in [0.15, 0.2) is 6.29 Å². The van der Waals surface area contributed by atoms with Gasteiger partial charge in [-0.2, -0.15) is 0 Å². The van der Waals surface area contributed by atoms with Crippen LogP contribution >= 0.6 is 0 Å². The summed E-state index contributed by atoms with van der Waals surface area (Å²) >= 11 is 0. The number of rotatable bonds is 32. The molecule has 41 heavy (non-hydrogen) atoms. The monoisotopic (exact) mass is 584 g/mol. The van der Waals surface area contributed by atoms with E-state index in [2.05, 4.69) is 24.7 Å². The Morgan fingerprint density at radius 1 is 0.463 bits per heavy atom. The second-order valence-corrected chi connectivity index (χ2v) is 12.1. The van der Waals surface area contributed by atoms with Crippen molar-refractivity contribution in [3.63, 3.8) is 0 Å². The van der Waals surface area contributed by atoms with Crippen LogP contribution in [0.2, 0.25) is 0 Å². The Morgan fingerprint density at radius 3 is 0.951 bits per heavy atom. The van der Waals surface area contributed by atoms with Crippen LogP contribution in [0.3, 0.4) is 0 Å². The van der Waals surface area contributed by atoms with E-state index in [1.54, 1.807) is 0 Å². The first-order chi connectivity index (χ1) is 20.0. The number of carbonyl (C=O) groups is 2. The zero-order valence-electron chi connectivity index (χ0n) is 27.2. The lowest BCUT2D eigenvalue weighted by atomic mass is 10.0. The van der Waals surface area contributed by atoms with E-state index in [0.717, 1.165) is 43.6 Å². The van der Waals surface area contributed by atoms with Crippen LogP contribution in [0.1, 0.15) is 194 Å². The second kappa shape index (κ2) is 31.7. The average Bonchev–Trinajstić information content (AvgIpc) is 2.93. The van der Waals surface area contributed by atoms with Crippen molar-refractivity contribution in [1.29, 1.82) is 0 Å². The summed E-state index contributed by atoms with van der Waals surface area (Å²) in [6.45, 7) is 4.24. The third kappa shape index (κ3) is 31.6. The second-order valence-electron chi connectivity index (χ2n) is 12.1. The van der Waals surface area contributed by atoms with Crippen molar-refractivity contribution in [2.24, 2.45) is 0 Å². The van der Waals surface area contributed by atoms with Crippen molar-refractivity contribution >= 4 is 11.8 Å². The molecule has 0 aliphatic heterocycles. The highest BCUT2D eigenvalue weighted by Crippen LogP contribution is 2.14. The summed E-state index contributed by atoms with van der Waals surface area (Å²) in [5, 5.41) is 19.8. The van der Waals surface area contributed by atoms with Crippen molar-refractivity contribution in [3.05, 3.63) is 0 Å². The molecule has 0 spiro atoms. The van der Waals surface area contributed by atoms with Crippen molar-refractivity contribution in [2.75, 3.05) is 6.54 Å². The molecule has 0 aromatic carbocycles. The Hall–Kier alpha value is -1.18. The Balaban J connectivity index is 3.77. The molecule has 0 radical (unpaired) electrons. The number of aliphatic hydroxyl groups excluding tert-OH is 1. The molecule has 0 aliphatic carbocycles. The molecule has 2 amide bonds. The van der Waals surface area contributed by atoms with Gasteiger partial charge in [-0.3, -0.25) is 20.4 Å². The highest BCUT2D eigenvalue weighted by molar-refractivity contribution is 5.77.